The summed E-state index contributed by atoms with van der Waals surface area (Å²) in [4.78, 5) is 0. The maximum Gasteiger partial charge on any atom is 0.0230 e. The van der Waals surface area contributed by atoms with Crippen LogP contribution in [-0.4, -0.2) is 6.54 Å². The lowest BCUT2D eigenvalue weighted by Crippen LogP contribution is -2.12. The monoisotopic (exact) mass is 187 g/mol. The van der Waals surface area contributed by atoms with Crippen LogP contribution < -0.4 is 5.32 Å². The molecule has 1 N–H and O–H groups in total. The van der Waals surface area contributed by atoms with Crippen molar-refractivity contribution in [2.24, 2.45) is 5.41 Å². The fourth-order valence-corrected chi connectivity index (χ4v) is 0.912. The van der Waals surface area contributed by atoms with Crippen LogP contribution in [-0.2, 0) is 0 Å². The van der Waals surface area contributed by atoms with E-state index in [0.29, 0.717) is 5.41 Å². The van der Waals surface area contributed by atoms with E-state index >= 15 is 0 Å². The fourth-order valence-electron chi connectivity index (χ4n) is 0.912. The van der Waals surface area contributed by atoms with Gasteiger partial charge in [-0.05, 0) is 30.1 Å². The predicted octanol–water partition coefficient (Wildman–Crippen LogP) is 2.00. The van der Waals surface area contributed by atoms with Crippen LogP contribution in [0.2, 0.25) is 0 Å². The first-order valence-corrected chi connectivity index (χ1v) is 4.75. The lowest BCUT2D eigenvalue weighted by atomic mass is 9.91. The van der Waals surface area contributed by atoms with E-state index in [2.05, 4.69) is 55.8 Å². The van der Waals surface area contributed by atoms with Gasteiger partial charge < -0.3 is 5.32 Å². The Morgan fingerprint density at radius 3 is 2.43 bits per heavy atom. The van der Waals surface area contributed by atoms with Crippen molar-refractivity contribution in [3.05, 3.63) is 0 Å². The molecule has 0 bridgehead atoms. The van der Waals surface area contributed by atoms with Crippen molar-refractivity contribution in [1.29, 1.82) is 0 Å². The third-order valence-electron chi connectivity index (χ3n) is 1.58. The van der Waals surface area contributed by atoms with Crippen LogP contribution in [0, 0.1) is 41.6 Å². The Morgan fingerprint density at radius 2 is 1.86 bits per heavy atom. The average molecular weight is 187 g/mol. The molecule has 0 spiro atoms. The summed E-state index contributed by atoms with van der Waals surface area (Å²) in [5, 5.41) is 2.98. The second-order valence-electron chi connectivity index (χ2n) is 4.24. The van der Waals surface area contributed by atoms with Gasteiger partial charge in [-0.25, -0.2) is 0 Å². The molecule has 0 aromatic carbocycles. The van der Waals surface area contributed by atoms with Gasteiger partial charge in [0.1, 0.15) is 0 Å². The van der Waals surface area contributed by atoms with Crippen molar-refractivity contribution in [3.63, 3.8) is 0 Å². The largest absolute Gasteiger partial charge is 0.345 e. The highest BCUT2D eigenvalue weighted by molar-refractivity contribution is 5.33. The molecule has 0 aliphatic heterocycles. The molecule has 0 aromatic rings. The van der Waals surface area contributed by atoms with Crippen LogP contribution in [0.4, 0.5) is 0 Å². The Bertz CT molecular complexity index is 304. The highest BCUT2D eigenvalue weighted by atomic mass is 14.8. The van der Waals surface area contributed by atoms with E-state index < -0.39 is 0 Å². The zero-order valence-electron chi connectivity index (χ0n) is 9.20. The number of rotatable bonds is 3. The minimum absolute atomic E-state index is 0.401. The van der Waals surface area contributed by atoms with E-state index in [0.717, 1.165) is 13.0 Å². The molecule has 0 atom stereocenters. The molecule has 0 aliphatic rings. The van der Waals surface area contributed by atoms with E-state index in [1.54, 1.807) is 0 Å². The quantitative estimate of drug-likeness (QED) is 0.405. The molecule has 0 saturated carbocycles. The molecule has 0 unspecified atom stereocenters. The Labute approximate surface area is 87.7 Å². The smallest absolute Gasteiger partial charge is 0.0230 e. The van der Waals surface area contributed by atoms with E-state index in [1.807, 2.05) is 0 Å². The lowest BCUT2D eigenvalue weighted by Gasteiger charge is -2.16. The maximum absolute atomic E-state index is 4.93. The summed E-state index contributed by atoms with van der Waals surface area (Å²) >= 11 is 0. The van der Waals surface area contributed by atoms with Gasteiger partial charge in [0.05, 0.1) is 0 Å². The van der Waals surface area contributed by atoms with Crippen molar-refractivity contribution in [2.45, 2.75) is 33.6 Å². The van der Waals surface area contributed by atoms with E-state index in [4.69, 9.17) is 6.42 Å². The van der Waals surface area contributed by atoms with Gasteiger partial charge in [0.2, 0.25) is 0 Å². The molecule has 1 heteroatoms. The number of nitrogens with one attached hydrogen (secondary N) is 1. The highest BCUT2D eigenvalue weighted by Crippen LogP contribution is 2.19. The summed E-state index contributed by atoms with van der Waals surface area (Å²) in [5.74, 6) is 9.78. The molecule has 0 aromatic heterocycles. The first-order chi connectivity index (χ1) is 6.56. The van der Waals surface area contributed by atoms with Crippen LogP contribution in [0.1, 0.15) is 33.6 Å². The molecule has 0 heterocycles. The number of hydrogen-bond acceptors (Lipinski definition) is 1. The molecular formula is C13H17N. The molecule has 74 valence electrons. The fraction of sp³-hybridized carbons (Fsp3) is 0.538. The summed E-state index contributed by atoms with van der Waals surface area (Å²) in [5.41, 5.74) is 0.401. The van der Waals surface area contributed by atoms with E-state index in [1.165, 1.54) is 6.42 Å². The van der Waals surface area contributed by atoms with Crippen LogP contribution in [0.15, 0.2) is 0 Å². The summed E-state index contributed by atoms with van der Waals surface area (Å²) in [6, 6.07) is 2.74. The van der Waals surface area contributed by atoms with Crippen LogP contribution in [0.25, 0.3) is 0 Å². The van der Waals surface area contributed by atoms with E-state index in [9.17, 15) is 0 Å². The minimum atomic E-state index is 0.401. The normalized spacial score (nSPS) is 8.71. The van der Waals surface area contributed by atoms with Crippen LogP contribution in [0.3, 0.4) is 0 Å². The van der Waals surface area contributed by atoms with Crippen LogP contribution >= 0.6 is 0 Å². The first kappa shape index (κ1) is 12.5. The molecule has 0 aliphatic carbocycles. The van der Waals surface area contributed by atoms with Crippen molar-refractivity contribution >= 4 is 0 Å². The predicted molar refractivity (Wildman–Crippen MR) is 61.1 cm³/mol. The third kappa shape index (κ3) is 10.5. The summed E-state index contributed by atoms with van der Waals surface area (Å²) < 4.78 is 0. The molecule has 0 amide bonds. The van der Waals surface area contributed by atoms with Crippen molar-refractivity contribution < 1.29 is 0 Å². The molecule has 0 saturated heterocycles. The second kappa shape index (κ2) is 6.94. The van der Waals surface area contributed by atoms with Crippen molar-refractivity contribution in [1.82, 2.24) is 5.32 Å². The van der Waals surface area contributed by atoms with E-state index in [-0.39, 0.29) is 0 Å². The molecule has 1 nitrogen and oxygen atoms in total. The van der Waals surface area contributed by atoms with Gasteiger partial charge in [0, 0.05) is 24.4 Å². The van der Waals surface area contributed by atoms with Gasteiger partial charge in [-0.1, -0.05) is 20.8 Å². The average Bonchev–Trinajstić information content (AvgIpc) is 2.08. The maximum atomic E-state index is 4.93. The number of hydrogen-bond donors (Lipinski definition) is 1. The van der Waals surface area contributed by atoms with Gasteiger partial charge in [0.25, 0.3) is 0 Å². The Balaban J connectivity index is 3.47. The van der Waals surface area contributed by atoms with Gasteiger partial charge >= 0.3 is 0 Å². The third-order valence-corrected chi connectivity index (χ3v) is 1.58. The summed E-state index contributed by atoms with van der Waals surface area (Å²) in [6.07, 6.45) is 7.24. The molecular weight excluding hydrogens is 170 g/mol. The minimum Gasteiger partial charge on any atom is -0.345 e. The Kier molecular flexibility index (Phi) is 6.19. The Morgan fingerprint density at radius 1 is 1.14 bits per heavy atom. The van der Waals surface area contributed by atoms with Gasteiger partial charge in [-0.15, -0.1) is 6.42 Å². The molecule has 0 fully saturated rings. The van der Waals surface area contributed by atoms with Crippen molar-refractivity contribution in [3.8, 4) is 36.1 Å². The van der Waals surface area contributed by atoms with Crippen LogP contribution in [0.5, 0.6) is 0 Å². The SMILES string of the molecule is C#CC#CC#CNCCCC(C)(C)C. The topological polar surface area (TPSA) is 12.0 Å². The standard InChI is InChI=1S/C13H17N/c1-5-6-7-8-11-14-12-9-10-13(2,3)4/h1,14H,9-10,12H2,2-4H3. The van der Waals surface area contributed by atoms with Gasteiger partial charge in [-0.3, -0.25) is 0 Å². The summed E-state index contributed by atoms with van der Waals surface area (Å²) in [6.45, 7) is 7.60. The second-order valence-corrected chi connectivity index (χ2v) is 4.24. The summed E-state index contributed by atoms with van der Waals surface area (Å²) in [7, 11) is 0. The lowest BCUT2D eigenvalue weighted by molar-refractivity contribution is 0.365. The zero-order chi connectivity index (χ0) is 10.9. The van der Waals surface area contributed by atoms with Gasteiger partial charge in [-0.2, -0.15) is 0 Å². The van der Waals surface area contributed by atoms with Crippen molar-refractivity contribution in [2.75, 3.05) is 6.54 Å². The zero-order valence-corrected chi connectivity index (χ0v) is 9.20. The molecule has 0 radical (unpaired) electrons. The highest BCUT2D eigenvalue weighted by Gasteiger charge is 2.08. The van der Waals surface area contributed by atoms with Gasteiger partial charge in [0.15, 0.2) is 0 Å². The first-order valence-electron chi connectivity index (χ1n) is 4.75. The Hall–Kier alpha value is -1.52. The number of terminal acetylenes is 1. The molecule has 14 heavy (non-hydrogen) atoms. The molecule has 0 rings (SSSR count).